The molecular weight excluding hydrogens is 146 g/mol. The van der Waals surface area contributed by atoms with Crippen molar-refractivity contribution in [2.75, 3.05) is 0 Å². The molecule has 1 atom stereocenters. The van der Waals surface area contributed by atoms with Crippen LogP contribution in [0.4, 0.5) is 0 Å². The first-order valence-electron chi connectivity index (χ1n) is 4.93. The van der Waals surface area contributed by atoms with Crippen LogP contribution in [0.25, 0.3) is 0 Å². The second kappa shape index (κ2) is 3.37. The largest absolute Gasteiger partial charge is 0.325 e. The van der Waals surface area contributed by atoms with Gasteiger partial charge in [0.15, 0.2) is 0 Å². The average molecular weight is 171 g/mol. The zero-order chi connectivity index (χ0) is 10.2. The molecule has 0 aliphatic rings. The Kier molecular flexibility index (Phi) is 3.36. The van der Waals surface area contributed by atoms with Crippen LogP contribution in [0.3, 0.4) is 0 Å². The fourth-order valence-corrected chi connectivity index (χ4v) is 1.37. The van der Waals surface area contributed by atoms with Crippen molar-refractivity contribution in [3.63, 3.8) is 0 Å². The highest BCUT2D eigenvalue weighted by molar-refractivity contribution is 4.97. The standard InChI is InChI=1S/C11H25N/c1-8(2)10(5,6)11(7,12)9(3)4/h8-9H,12H2,1-7H3. The van der Waals surface area contributed by atoms with Gasteiger partial charge < -0.3 is 5.73 Å². The van der Waals surface area contributed by atoms with Gasteiger partial charge in [-0.2, -0.15) is 0 Å². The van der Waals surface area contributed by atoms with E-state index in [1.54, 1.807) is 0 Å². The van der Waals surface area contributed by atoms with Crippen LogP contribution in [0.2, 0.25) is 0 Å². The van der Waals surface area contributed by atoms with Crippen LogP contribution in [-0.2, 0) is 0 Å². The Morgan fingerprint density at radius 1 is 0.833 bits per heavy atom. The van der Waals surface area contributed by atoms with E-state index >= 15 is 0 Å². The third kappa shape index (κ3) is 1.82. The highest BCUT2D eigenvalue weighted by Gasteiger charge is 2.41. The molecular formula is C11H25N. The van der Waals surface area contributed by atoms with E-state index in [0.717, 1.165) is 0 Å². The predicted molar refractivity (Wildman–Crippen MR) is 56.0 cm³/mol. The molecule has 0 bridgehead atoms. The van der Waals surface area contributed by atoms with Gasteiger partial charge in [0.05, 0.1) is 0 Å². The fraction of sp³-hybridized carbons (Fsp3) is 1.00. The van der Waals surface area contributed by atoms with E-state index in [-0.39, 0.29) is 11.0 Å². The summed E-state index contributed by atoms with van der Waals surface area (Å²) in [4.78, 5) is 0. The maximum absolute atomic E-state index is 6.34. The molecule has 0 heterocycles. The van der Waals surface area contributed by atoms with Crippen molar-refractivity contribution in [3.8, 4) is 0 Å². The summed E-state index contributed by atoms with van der Waals surface area (Å²) >= 11 is 0. The van der Waals surface area contributed by atoms with Crippen molar-refractivity contribution in [1.82, 2.24) is 0 Å². The molecule has 0 amide bonds. The summed E-state index contributed by atoms with van der Waals surface area (Å²) in [5, 5.41) is 0. The molecule has 0 aromatic carbocycles. The average Bonchev–Trinajstić information content (AvgIpc) is 1.86. The highest BCUT2D eigenvalue weighted by atomic mass is 14.8. The first-order valence-corrected chi connectivity index (χ1v) is 4.93. The minimum atomic E-state index is -0.0822. The Hall–Kier alpha value is -0.0400. The van der Waals surface area contributed by atoms with E-state index in [1.165, 1.54) is 0 Å². The molecule has 0 spiro atoms. The number of nitrogens with two attached hydrogens (primary N) is 1. The third-order valence-electron chi connectivity index (χ3n) is 4.03. The SMILES string of the molecule is CC(C)C(C)(C)C(C)(N)C(C)C. The number of hydrogen-bond donors (Lipinski definition) is 1. The highest BCUT2D eigenvalue weighted by Crippen LogP contribution is 2.40. The predicted octanol–water partition coefficient (Wildman–Crippen LogP) is 3.04. The molecule has 0 rings (SSSR count). The molecule has 1 nitrogen and oxygen atoms in total. The molecule has 0 saturated heterocycles. The summed E-state index contributed by atoms with van der Waals surface area (Å²) in [7, 11) is 0. The fourth-order valence-electron chi connectivity index (χ4n) is 1.37. The van der Waals surface area contributed by atoms with Gasteiger partial charge in [-0.05, 0) is 24.2 Å². The van der Waals surface area contributed by atoms with Crippen LogP contribution in [-0.4, -0.2) is 5.54 Å². The van der Waals surface area contributed by atoms with E-state index in [4.69, 9.17) is 5.73 Å². The van der Waals surface area contributed by atoms with Crippen molar-refractivity contribution < 1.29 is 0 Å². The normalized spacial score (nSPS) is 18.5. The van der Waals surface area contributed by atoms with Crippen LogP contribution >= 0.6 is 0 Å². The molecule has 0 saturated carbocycles. The second-order valence-corrected chi connectivity index (χ2v) is 5.31. The molecule has 1 heteroatoms. The lowest BCUT2D eigenvalue weighted by Crippen LogP contribution is -2.56. The molecule has 2 N–H and O–H groups in total. The van der Waals surface area contributed by atoms with Gasteiger partial charge in [0.25, 0.3) is 0 Å². The van der Waals surface area contributed by atoms with Gasteiger partial charge in [-0.25, -0.2) is 0 Å². The topological polar surface area (TPSA) is 26.0 Å². The van der Waals surface area contributed by atoms with Crippen LogP contribution in [0.15, 0.2) is 0 Å². The van der Waals surface area contributed by atoms with E-state index in [9.17, 15) is 0 Å². The summed E-state index contributed by atoms with van der Waals surface area (Å²) in [5.74, 6) is 1.14. The van der Waals surface area contributed by atoms with Gasteiger partial charge in [-0.1, -0.05) is 41.5 Å². The van der Waals surface area contributed by atoms with Gasteiger partial charge >= 0.3 is 0 Å². The van der Waals surface area contributed by atoms with E-state index in [0.29, 0.717) is 11.8 Å². The van der Waals surface area contributed by atoms with Gasteiger partial charge in [-0.15, -0.1) is 0 Å². The van der Waals surface area contributed by atoms with Crippen molar-refractivity contribution in [1.29, 1.82) is 0 Å². The molecule has 74 valence electrons. The maximum Gasteiger partial charge on any atom is 0.0203 e. The quantitative estimate of drug-likeness (QED) is 0.694. The van der Waals surface area contributed by atoms with E-state index in [2.05, 4.69) is 48.5 Å². The Bertz CT molecular complexity index is 125. The zero-order valence-electron chi connectivity index (χ0n) is 9.73. The summed E-state index contributed by atoms with van der Waals surface area (Å²) in [5.41, 5.74) is 6.45. The van der Waals surface area contributed by atoms with Crippen molar-refractivity contribution >= 4 is 0 Å². The maximum atomic E-state index is 6.34. The van der Waals surface area contributed by atoms with Crippen LogP contribution < -0.4 is 5.73 Å². The summed E-state index contributed by atoms with van der Waals surface area (Å²) in [6.45, 7) is 15.6. The molecule has 1 unspecified atom stereocenters. The van der Waals surface area contributed by atoms with Crippen molar-refractivity contribution in [2.24, 2.45) is 23.0 Å². The summed E-state index contributed by atoms with van der Waals surface area (Å²) in [6.07, 6.45) is 0. The molecule has 0 aromatic rings. The Morgan fingerprint density at radius 2 is 1.17 bits per heavy atom. The van der Waals surface area contributed by atoms with Crippen LogP contribution in [0.1, 0.15) is 48.5 Å². The molecule has 0 aliphatic carbocycles. The molecule has 0 fully saturated rings. The van der Waals surface area contributed by atoms with Gasteiger partial charge in [0, 0.05) is 5.54 Å². The van der Waals surface area contributed by atoms with Crippen molar-refractivity contribution in [2.45, 2.75) is 54.0 Å². The first kappa shape index (κ1) is 12.0. The van der Waals surface area contributed by atoms with Crippen LogP contribution in [0, 0.1) is 17.3 Å². The monoisotopic (exact) mass is 171 g/mol. The summed E-state index contributed by atoms with van der Waals surface area (Å²) < 4.78 is 0. The molecule has 12 heavy (non-hydrogen) atoms. The molecule has 0 radical (unpaired) electrons. The third-order valence-corrected chi connectivity index (χ3v) is 4.03. The lowest BCUT2D eigenvalue weighted by atomic mass is 9.62. The van der Waals surface area contributed by atoms with Gasteiger partial charge in [0.2, 0.25) is 0 Å². The van der Waals surface area contributed by atoms with Crippen LogP contribution in [0.5, 0.6) is 0 Å². The molecule has 0 aliphatic heterocycles. The van der Waals surface area contributed by atoms with E-state index < -0.39 is 0 Å². The Morgan fingerprint density at radius 3 is 1.25 bits per heavy atom. The minimum Gasteiger partial charge on any atom is -0.325 e. The van der Waals surface area contributed by atoms with Gasteiger partial charge in [-0.3, -0.25) is 0 Å². The lowest BCUT2D eigenvalue weighted by Gasteiger charge is -2.47. The van der Waals surface area contributed by atoms with E-state index in [1.807, 2.05) is 0 Å². The summed E-state index contributed by atoms with van der Waals surface area (Å²) in [6, 6.07) is 0. The van der Waals surface area contributed by atoms with Gasteiger partial charge in [0.1, 0.15) is 0 Å². The number of hydrogen-bond acceptors (Lipinski definition) is 1. The zero-order valence-corrected chi connectivity index (χ0v) is 9.73. The van der Waals surface area contributed by atoms with Crippen molar-refractivity contribution in [3.05, 3.63) is 0 Å². The Balaban J connectivity index is 4.75. The smallest absolute Gasteiger partial charge is 0.0203 e. The first-order chi connectivity index (χ1) is 5.14. The minimum absolute atomic E-state index is 0.0822. The lowest BCUT2D eigenvalue weighted by molar-refractivity contribution is 0.0769. The second-order valence-electron chi connectivity index (χ2n) is 5.31. The number of rotatable bonds is 3. The Labute approximate surface area is 77.7 Å². The molecule has 0 aromatic heterocycles.